The molecule has 3 aromatic rings. The molecule has 3 aromatic heterocycles. The van der Waals surface area contributed by atoms with Crippen molar-refractivity contribution in [2.45, 2.75) is 31.6 Å². The van der Waals surface area contributed by atoms with Gasteiger partial charge in [0, 0.05) is 54.7 Å². The number of pyridine rings is 1. The summed E-state index contributed by atoms with van der Waals surface area (Å²) in [6, 6.07) is 2.34. The number of fused-ring (bicyclic) bond motifs is 1. The van der Waals surface area contributed by atoms with E-state index < -0.39 is 0 Å². The molecule has 0 spiro atoms. The van der Waals surface area contributed by atoms with E-state index >= 15 is 0 Å². The SMILES string of the molecule is c1n[nH]cc1-c1c[nH]c2ncc(C3CCC(CN4CCOCC4)CC3)cc12. The molecule has 5 rings (SSSR count). The summed E-state index contributed by atoms with van der Waals surface area (Å²) in [6.07, 6.45) is 13.1. The van der Waals surface area contributed by atoms with E-state index in [4.69, 9.17) is 9.72 Å². The Morgan fingerprint density at radius 2 is 1.93 bits per heavy atom. The summed E-state index contributed by atoms with van der Waals surface area (Å²) in [5, 5.41) is 8.18. The molecule has 0 aromatic carbocycles. The van der Waals surface area contributed by atoms with Gasteiger partial charge in [0.15, 0.2) is 0 Å². The Kier molecular flexibility index (Phi) is 4.67. The van der Waals surface area contributed by atoms with Crippen molar-refractivity contribution in [3.63, 3.8) is 0 Å². The summed E-state index contributed by atoms with van der Waals surface area (Å²) in [5.41, 5.74) is 4.62. The van der Waals surface area contributed by atoms with Crippen LogP contribution >= 0.6 is 0 Å². The molecule has 6 heteroatoms. The predicted octanol–water partition coefficient (Wildman–Crippen LogP) is 3.56. The molecular weight excluding hydrogens is 338 g/mol. The van der Waals surface area contributed by atoms with Crippen LogP contribution in [0.1, 0.15) is 37.2 Å². The van der Waals surface area contributed by atoms with Gasteiger partial charge in [-0.2, -0.15) is 5.10 Å². The Balaban J connectivity index is 1.28. The summed E-state index contributed by atoms with van der Waals surface area (Å²) in [7, 11) is 0. The third-order valence-electron chi connectivity index (χ3n) is 6.30. The molecule has 1 saturated heterocycles. The fourth-order valence-corrected chi connectivity index (χ4v) is 4.71. The van der Waals surface area contributed by atoms with E-state index in [1.807, 2.05) is 18.6 Å². The van der Waals surface area contributed by atoms with Crippen molar-refractivity contribution in [3.8, 4) is 11.1 Å². The standard InChI is InChI=1S/C21H27N5O/c1-3-16(4-2-15(1)14-26-5-7-27-8-6-26)17-9-19-20(18-11-24-25-12-18)13-23-21(19)22-10-17/h9-13,15-16H,1-8,14H2,(H,22,23)(H,24,25). The zero-order chi connectivity index (χ0) is 18.1. The molecule has 0 bridgehead atoms. The summed E-state index contributed by atoms with van der Waals surface area (Å²) >= 11 is 0. The van der Waals surface area contributed by atoms with Crippen molar-refractivity contribution < 1.29 is 4.74 Å². The van der Waals surface area contributed by atoms with Gasteiger partial charge < -0.3 is 9.72 Å². The zero-order valence-electron chi connectivity index (χ0n) is 15.7. The van der Waals surface area contributed by atoms with E-state index in [2.05, 4.69) is 32.3 Å². The van der Waals surface area contributed by atoms with E-state index in [9.17, 15) is 0 Å². The molecule has 6 nitrogen and oxygen atoms in total. The maximum Gasteiger partial charge on any atom is 0.137 e. The largest absolute Gasteiger partial charge is 0.379 e. The fourth-order valence-electron chi connectivity index (χ4n) is 4.71. The average Bonchev–Trinajstić information content (AvgIpc) is 3.38. The van der Waals surface area contributed by atoms with Gasteiger partial charge in [-0.25, -0.2) is 4.98 Å². The Morgan fingerprint density at radius 1 is 1.07 bits per heavy atom. The third kappa shape index (κ3) is 3.51. The minimum absolute atomic E-state index is 0.634. The Labute approximate surface area is 159 Å². The molecule has 1 aliphatic carbocycles. The van der Waals surface area contributed by atoms with Crippen molar-refractivity contribution in [2.75, 3.05) is 32.8 Å². The van der Waals surface area contributed by atoms with E-state index in [0.29, 0.717) is 5.92 Å². The topological polar surface area (TPSA) is 69.8 Å². The first-order chi connectivity index (χ1) is 13.4. The first-order valence-corrected chi connectivity index (χ1v) is 10.1. The number of hydrogen-bond acceptors (Lipinski definition) is 4. The highest BCUT2D eigenvalue weighted by Crippen LogP contribution is 2.38. The van der Waals surface area contributed by atoms with E-state index in [-0.39, 0.29) is 0 Å². The predicted molar refractivity (Wildman–Crippen MR) is 106 cm³/mol. The van der Waals surface area contributed by atoms with Gasteiger partial charge in [0.1, 0.15) is 5.65 Å². The summed E-state index contributed by atoms with van der Waals surface area (Å²) in [5.74, 6) is 1.47. The number of nitrogens with zero attached hydrogens (tertiary/aromatic N) is 3. The monoisotopic (exact) mass is 365 g/mol. The highest BCUT2D eigenvalue weighted by atomic mass is 16.5. The molecule has 27 heavy (non-hydrogen) atoms. The van der Waals surface area contributed by atoms with Crippen LogP contribution in [0.4, 0.5) is 0 Å². The quantitative estimate of drug-likeness (QED) is 0.742. The van der Waals surface area contributed by atoms with Crippen LogP contribution in [-0.2, 0) is 4.74 Å². The number of ether oxygens (including phenoxy) is 1. The lowest BCUT2D eigenvalue weighted by molar-refractivity contribution is 0.0273. The molecule has 142 valence electrons. The lowest BCUT2D eigenvalue weighted by Crippen LogP contribution is -2.40. The minimum atomic E-state index is 0.634. The Bertz CT molecular complexity index is 873. The second-order valence-corrected chi connectivity index (χ2v) is 7.98. The van der Waals surface area contributed by atoms with Gasteiger partial charge in [-0.3, -0.25) is 10.00 Å². The van der Waals surface area contributed by atoms with Crippen LogP contribution in [0.15, 0.2) is 30.9 Å². The highest BCUT2D eigenvalue weighted by Gasteiger charge is 2.25. The second-order valence-electron chi connectivity index (χ2n) is 7.98. The third-order valence-corrected chi connectivity index (χ3v) is 6.30. The highest BCUT2D eigenvalue weighted by molar-refractivity contribution is 5.93. The number of aromatic nitrogens is 4. The average molecular weight is 365 g/mol. The number of rotatable bonds is 4. The molecular formula is C21H27N5O. The van der Waals surface area contributed by atoms with Crippen LogP contribution in [0.3, 0.4) is 0 Å². The lowest BCUT2D eigenvalue weighted by atomic mass is 9.78. The molecule has 2 aliphatic rings. The van der Waals surface area contributed by atoms with Gasteiger partial charge in [0.05, 0.1) is 19.4 Å². The maximum absolute atomic E-state index is 5.47. The zero-order valence-corrected chi connectivity index (χ0v) is 15.7. The van der Waals surface area contributed by atoms with Crippen molar-refractivity contribution in [3.05, 3.63) is 36.4 Å². The molecule has 0 unspecified atom stereocenters. The van der Waals surface area contributed by atoms with Crippen LogP contribution in [0.5, 0.6) is 0 Å². The second kappa shape index (κ2) is 7.44. The van der Waals surface area contributed by atoms with Crippen molar-refractivity contribution >= 4 is 11.0 Å². The molecule has 2 N–H and O–H groups in total. The summed E-state index contributed by atoms with van der Waals surface area (Å²) in [6.45, 7) is 5.25. The maximum atomic E-state index is 5.47. The van der Waals surface area contributed by atoms with Crippen molar-refractivity contribution in [1.82, 2.24) is 25.1 Å². The molecule has 0 amide bonds. The molecule has 0 radical (unpaired) electrons. The van der Waals surface area contributed by atoms with E-state index in [0.717, 1.165) is 43.4 Å². The van der Waals surface area contributed by atoms with Crippen molar-refractivity contribution in [1.29, 1.82) is 0 Å². The van der Waals surface area contributed by atoms with Gasteiger partial charge >= 0.3 is 0 Å². The normalized spacial score (nSPS) is 24.4. The minimum Gasteiger partial charge on any atom is -0.379 e. The number of morpholine rings is 1. The number of H-pyrrole nitrogens is 2. The van der Waals surface area contributed by atoms with E-state index in [1.54, 1.807) is 0 Å². The Morgan fingerprint density at radius 3 is 2.70 bits per heavy atom. The molecule has 1 aliphatic heterocycles. The number of nitrogens with one attached hydrogen (secondary N) is 2. The molecule has 0 atom stereocenters. The van der Waals surface area contributed by atoms with E-state index in [1.165, 1.54) is 48.7 Å². The number of aromatic amines is 2. The van der Waals surface area contributed by atoms with Crippen LogP contribution in [0.2, 0.25) is 0 Å². The molecule has 2 fully saturated rings. The van der Waals surface area contributed by atoms with Gasteiger partial charge in [-0.05, 0) is 49.1 Å². The molecule has 1 saturated carbocycles. The van der Waals surface area contributed by atoms with Crippen LogP contribution in [-0.4, -0.2) is 57.9 Å². The van der Waals surface area contributed by atoms with Crippen LogP contribution < -0.4 is 0 Å². The first-order valence-electron chi connectivity index (χ1n) is 10.1. The van der Waals surface area contributed by atoms with Gasteiger partial charge in [-0.1, -0.05) is 0 Å². The van der Waals surface area contributed by atoms with Gasteiger partial charge in [0.25, 0.3) is 0 Å². The molecule has 4 heterocycles. The van der Waals surface area contributed by atoms with Crippen LogP contribution in [0, 0.1) is 5.92 Å². The van der Waals surface area contributed by atoms with Crippen LogP contribution in [0.25, 0.3) is 22.2 Å². The smallest absolute Gasteiger partial charge is 0.137 e. The van der Waals surface area contributed by atoms with Gasteiger partial charge in [-0.15, -0.1) is 0 Å². The fraction of sp³-hybridized carbons (Fsp3) is 0.524. The summed E-state index contributed by atoms with van der Waals surface area (Å²) < 4.78 is 5.47. The lowest BCUT2D eigenvalue weighted by Gasteiger charge is -2.34. The summed E-state index contributed by atoms with van der Waals surface area (Å²) in [4.78, 5) is 10.6. The van der Waals surface area contributed by atoms with Gasteiger partial charge in [0.2, 0.25) is 0 Å². The first kappa shape index (κ1) is 17.0. The van der Waals surface area contributed by atoms with Crippen molar-refractivity contribution in [2.24, 2.45) is 5.92 Å². The Hall–Kier alpha value is -2.18. The number of hydrogen-bond donors (Lipinski definition) is 2.